The van der Waals surface area contributed by atoms with Crippen molar-refractivity contribution >= 4 is 24.3 Å². The normalized spacial score (nSPS) is 11.3. The second-order valence-corrected chi connectivity index (χ2v) is 5.73. The van der Waals surface area contributed by atoms with E-state index < -0.39 is 0 Å². The first-order chi connectivity index (χ1) is 9.92. The number of hydrogen-bond acceptors (Lipinski definition) is 4. The van der Waals surface area contributed by atoms with Crippen LogP contribution in [0.4, 0.5) is 0 Å². The lowest BCUT2D eigenvalue weighted by molar-refractivity contribution is -0.119. The minimum atomic E-state index is -0.00972. The van der Waals surface area contributed by atoms with Crippen LogP contribution in [0.3, 0.4) is 0 Å². The third kappa shape index (κ3) is 7.59. The second kappa shape index (κ2) is 10.4. The fourth-order valence-corrected chi connectivity index (χ4v) is 2.15. The standard InChI is InChI=1S/C17H26N2O2.ClH/c1-18(2)12-15(13-19(3)4)17(20)11-8-14-6-9-16(21-5)10-7-14;/h6-11,15H,12-13H2,1-5H3;1H/b11-8+;. The third-order valence-electron chi connectivity index (χ3n) is 3.13. The van der Waals surface area contributed by atoms with Gasteiger partial charge in [-0.2, -0.15) is 0 Å². The van der Waals surface area contributed by atoms with Crippen LogP contribution in [0.5, 0.6) is 5.75 Å². The minimum absolute atomic E-state index is 0. The van der Waals surface area contributed by atoms with E-state index in [4.69, 9.17) is 4.74 Å². The van der Waals surface area contributed by atoms with Gasteiger partial charge in [-0.3, -0.25) is 4.79 Å². The molecular formula is C17H27ClN2O2. The molecule has 1 aromatic carbocycles. The summed E-state index contributed by atoms with van der Waals surface area (Å²) in [4.78, 5) is 16.4. The molecule has 1 rings (SSSR count). The van der Waals surface area contributed by atoms with Gasteiger partial charge >= 0.3 is 0 Å². The zero-order valence-electron chi connectivity index (χ0n) is 14.1. The van der Waals surface area contributed by atoms with Crippen molar-refractivity contribution in [2.45, 2.75) is 0 Å². The Morgan fingerprint density at radius 1 is 1.09 bits per heavy atom. The molecule has 0 N–H and O–H groups in total. The predicted octanol–water partition coefficient (Wildman–Crippen LogP) is 2.44. The van der Waals surface area contributed by atoms with Crippen molar-refractivity contribution in [3.63, 3.8) is 0 Å². The van der Waals surface area contributed by atoms with Gasteiger partial charge in [0.15, 0.2) is 5.78 Å². The molecule has 0 aliphatic rings. The number of carbonyl (C=O) groups excluding carboxylic acids is 1. The SMILES string of the molecule is COc1ccc(/C=C/C(=O)C(CN(C)C)CN(C)C)cc1.Cl. The van der Waals surface area contributed by atoms with Crippen molar-refractivity contribution in [1.82, 2.24) is 9.80 Å². The van der Waals surface area contributed by atoms with Crippen LogP contribution in [-0.4, -0.2) is 64.0 Å². The number of carbonyl (C=O) groups is 1. The van der Waals surface area contributed by atoms with E-state index in [0.29, 0.717) is 0 Å². The van der Waals surface area contributed by atoms with Gasteiger partial charge in [-0.25, -0.2) is 0 Å². The van der Waals surface area contributed by atoms with Gasteiger partial charge in [0.05, 0.1) is 7.11 Å². The van der Waals surface area contributed by atoms with Gasteiger partial charge in [-0.15, -0.1) is 12.4 Å². The molecule has 0 saturated carbocycles. The van der Waals surface area contributed by atoms with Gasteiger partial charge in [0.1, 0.15) is 5.75 Å². The van der Waals surface area contributed by atoms with Crippen LogP contribution >= 0.6 is 12.4 Å². The van der Waals surface area contributed by atoms with Crippen LogP contribution in [0.2, 0.25) is 0 Å². The first-order valence-electron chi connectivity index (χ1n) is 7.08. The number of ether oxygens (including phenoxy) is 1. The molecule has 1 aromatic rings. The topological polar surface area (TPSA) is 32.8 Å². The largest absolute Gasteiger partial charge is 0.497 e. The Kier molecular flexibility index (Phi) is 9.74. The molecule has 0 saturated heterocycles. The number of rotatable bonds is 8. The lowest BCUT2D eigenvalue weighted by Gasteiger charge is -2.22. The highest BCUT2D eigenvalue weighted by atomic mass is 35.5. The van der Waals surface area contributed by atoms with Gasteiger partial charge in [0, 0.05) is 19.0 Å². The molecule has 5 heteroatoms. The first kappa shape index (κ1) is 20.6. The van der Waals surface area contributed by atoms with Crippen LogP contribution in [0.1, 0.15) is 5.56 Å². The molecule has 0 atom stereocenters. The summed E-state index contributed by atoms with van der Waals surface area (Å²) in [6.45, 7) is 1.51. The molecule has 0 aliphatic heterocycles. The Morgan fingerprint density at radius 2 is 1.59 bits per heavy atom. The van der Waals surface area contributed by atoms with Crippen LogP contribution in [-0.2, 0) is 4.79 Å². The Labute approximate surface area is 140 Å². The highest BCUT2D eigenvalue weighted by Gasteiger charge is 2.17. The van der Waals surface area contributed by atoms with E-state index in [1.54, 1.807) is 13.2 Å². The number of nitrogens with zero attached hydrogens (tertiary/aromatic N) is 2. The van der Waals surface area contributed by atoms with Crippen molar-refractivity contribution < 1.29 is 9.53 Å². The summed E-state index contributed by atoms with van der Waals surface area (Å²) in [5.41, 5.74) is 0.998. The summed E-state index contributed by atoms with van der Waals surface area (Å²) in [6.07, 6.45) is 3.54. The zero-order valence-corrected chi connectivity index (χ0v) is 14.9. The van der Waals surface area contributed by atoms with E-state index in [2.05, 4.69) is 0 Å². The van der Waals surface area contributed by atoms with Crippen molar-refractivity contribution in [2.75, 3.05) is 48.4 Å². The number of hydrogen-bond donors (Lipinski definition) is 0. The number of halogens is 1. The number of allylic oxidation sites excluding steroid dienone is 1. The van der Waals surface area contributed by atoms with Crippen LogP contribution in [0.15, 0.2) is 30.3 Å². The van der Waals surface area contributed by atoms with Crippen LogP contribution in [0.25, 0.3) is 6.08 Å². The fraction of sp³-hybridized carbons (Fsp3) is 0.471. The Hall–Kier alpha value is -1.36. The summed E-state index contributed by atoms with van der Waals surface area (Å²) in [5.74, 6) is 0.967. The van der Waals surface area contributed by atoms with Crippen molar-refractivity contribution in [1.29, 1.82) is 0 Å². The van der Waals surface area contributed by atoms with Crippen molar-refractivity contribution in [3.05, 3.63) is 35.9 Å². The average Bonchev–Trinajstić information content (AvgIpc) is 2.43. The van der Waals surface area contributed by atoms with Crippen molar-refractivity contribution in [2.24, 2.45) is 5.92 Å². The maximum Gasteiger partial charge on any atom is 0.161 e. The predicted molar refractivity (Wildman–Crippen MR) is 94.9 cm³/mol. The van der Waals surface area contributed by atoms with Crippen molar-refractivity contribution in [3.8, 4) is 5.75 Å². The monoisotopic (exact) mass is 326 g/mol. The molecule has 0 radical (unpaired) electrons. The summed E-state index contributed by atoms with van der Waals surface area (Å²) in [6, 6.07) is 7.66. The second-order valence-electron chi connectivity index (χ2n) is 5.73. The number of benzene rings is 1. The molecule has 0 aliphatic carbocycles. The quantitative estimate of drug-likeness (QED) is 0.687. The number of ketones is 1. The lowest BCUT2D eigenvalue weighted by atomic mass is 10.0. The van der Waals surface area contributed by atoms with Gasteiger partial charge in [-0.05, 0) is 52.0 Å². The molecule has 22 heavy (non-hydrogen) atoms. The Balaban J connectivity index is 0.00000441. The van der Waals surface area contributed by atoms with E-state index in [1.165, 1.54) is 0 Å². The van der Waals surface area contributed by atoms with E-state index in [-0.39, 0.29) is 24.1 Å². The molecule has 0 heterocycles. The van der Waals surface area contributed by atoms with Gasteiger partial charge in [0.25, 0.3) is 0 Å². The van der Waals surface area contributed by atoms with Crippen LogP contribution in [0, 0.1) is 5.92 Å². The minimum Gasteiger partial charge on any atom is -0.497 e. The molecule has 0 bridgehead atoms. The Morgan fingerprint density at radius 3 is 2.00 bits per heavy atom. The maximum absolute atomic E-state index is 12.3. The molecule has 0 fully saturated rings. The highest BCUT2D eigenvalue weighted by Crippen LogP contribution is 2.13. The summed E-state index contributed by atoms with van der Waals surface area (Å²) < 4.78 is 5.12. The van der Waals surface area contributed by atoms with E-state index >= 15 is 0 Å². The number of methoxy groups -OCH3 is 1. The van der Waals surface area contributed by atoms with E-state index in [9.17, 15) is 4.79 Å². The molecule has 124 valence electrons. The Bertz CT molecular complexity index is 460. The summed E-state index contributed by atoms with van der Waals surface area (Å²) in [7, 11) is 9.60. The average molecular weight is 327 g/mol. The highest BCUT2D eigenvalue weighted by molar-refractivity contribution is 5.95. The summed E-state index contributed by atoms with van der Waals surface area (Å²) >= 11 is 0. The maximum atomic E-state index is 12.3. The smallest absolute Gasteiger partial charge is 0.161 e. The molecule has 0 spiro atoms. The molecule has 0 unspecified atom stereocenters. The fourth-order valence-electron chi connectivity index (χ4n) is 2.15. The van der Waals surface area contributed by atoms with Gasteiger partial charge in [-0.1, -0.05) is 18.2 Å². The zero-order chi connectivity index (χ0) is 15.8. The van der Waals surface area contributed by atoms with Crippen LogP contribution < -0.4 is 4.74 Å². The lowest BCUT2D eigenvalue weighted by Crippen LogP contribution is -2.34. The van der Waals surface area contributed by atoms with E-state index in [0.717, 1.165) is 24.4 Å². The molecule has 4 nitrogen and oxygen atoms in total. The molecule has 0 amide bonds. The van der Waals surface area contributed by atoms with Gasteiger partial charge in [0.2, 0.25) is 0 Å². The van der Waals surface area contributed by atoms with E-state index in [1.807, 2.05) is 68.3 Å². The van der Waals surface area contributed by atoms with Gasteiger partial charge < -0.3 is 14.5 Å². The summed E-state index contributed by atoms with van der Waals surface area (Å²) in [5, 5.41) is 0. The third-order valence-corrected chi connectivity index (χ3v) is 3.13. The molecule has 0 aromatic heterocycles. The first-order valence-corrected chi connectivity index (χ1v) is 7.08. The molecular weight excluding hydrogens is 300 g/mol.